The molecule has 16 saturated carbocycles. The zero-order valence-corrected chi connectivity index (χ0v) is 39.4. The second-order valence-electron chi connectivity index (χ2n) is 27.7. The van der Waals surface area contributed by atoms with Crippen molar-refractivity contribution in [2.75, 3.05) is 12.3 Å². The van der Waals surface area contributed by atoms with E-state index in [9.17, 15) is 0 Å². The Hall–Kier alpha value is 0.340. The molecule has 0 heterocycles. The molecule has 2 heteroatoms. The minimum absolute atomic E-state index is 0.00823. The monoisotopic (exact) mass is 807 g/mol. The number of hydrogen-bond acceptors (Lipinski definition) is 0. The van der Waals surface area contributed by atoms with Crippen LogP contribution in [0.5, 0.6) is 0 Å². The summed E-state index contributed by atoms with van der Waals surface area (Å²) in [6.07, 6.45) is 39.1. The molecule has 0 aromatic rings. The number of allylic oxidation sites excluding steroid dienone is 4. The van der Waals surface area contributed by atoms with Crippen LogP contribution in [0.4, 0.5) is 0 Å². The van der Waals surface area contributed by atoms with E-state index in [-0.39, 0.29) is 21.3 Å². The van der Waals surface area contributed by atoms with Gasteiger partial charge in [-0.05, 0) is 280 Å². The molecule has 17 rings (SSSR count). The summed E-state index contributed by atoms with van der Waals surface area (Å²) in [5, 5.41) is 0. The highest BCUT2D eigenvalue weighted by Gasteiger charge is 2.60. The standard InChI is InChI=1S/C55H84P2/c1-54(2,3)48-27-46(28-56(50-38-11-30-7-31(13-38)14-39(50)12-30)51-40-15-32-8-33(17-40)18-41(51)16-32)47(49(48)55(4,5)6)29-57(52-42-19-34-9-35(21-42)22-43(52)20-34)53-44-23-36-10-37(25-44)26-45(53)24-36/h27,30-45,48,50-53H,7-26,28-29H2,1-6H3. The fraction of sp³-hybridized carbons (Fsp3) is 0.927. The largest absolute Gasteiger partial charge is 0.0947 e. The van der Waals surface area contributed by atoms with E-state index in [1.165, 1.54) is 0 Å². The van der Waals surface area contributed by atoms with Crippen LogP contribution in [0.25, 0.3) is 0 Å². The van der Waals surface area contributed by atoms with Gasteiger partial charge < -0.3 is 0 Å². The molecule has 0 amide bonds. The zero-order chi connectivity index (χ0) is 38.3. The molecule has 16 fully saturated rings. The lowest BCUT2D eigenvalue weighted by Crippen LogP contribution is -2.53. The van der Waals surface area contributed by atoms with E-state index >= 15 is 0 Å². The Bertz CT molecular complexity index is 1470. The maximum absolute atomic E-state index is 3.10. The van der Waals surface area contributed by atoms with Gasteiger partial charge in [-0.2, -0.15) is 0 Å². The van der Waals surface area contributed by atoms with Crippen LogP contribution in [-0.4, -0.2) is 35.0 Å². The minimum atomic E-state index is 0.00823. The first-order valence-electron chi connectivity index (χ1n) is 26.3. The Balaban J connectivity index is 0.922. The molecule has 0 aromatic heterocycles. The molecular weight excluding hydrogens is 723 g/mol. The third kappa shape index (κ3) is 6.16. The van der Waals surface area contributed by atoms with Crippen molar-refractivity contribution in [3.8, 4) is 0 Å². The quantitative estimate of drug-likeness (QED) is 0.214. The van der Waals surface area contributed by atoms with Crippen molar-refractivity contribution in [3.05, 3.63) is 22.8 Å². The van der Waals surface area contributed by atoms with Gasteiger partial charge >= 0.3 is 0 Å². The topological polar surface area (TPSA) is 0 Å². The first-order chi connectivity index (χ1) is 27.4. The van der Waals surface area contributed by atoms with Crippen molar-refractivity contribution in [2.45, 2.75) is 193 Å². The molecule has 0 aromatic carbocycles. The number of rotatable bonds is 8. The Labute approximate surface area is 353 Å². The fourth-order valence-electron chi connectivity index (χ4n) is 21.6. The maximum atomic E-state index is 3.10. The molecule has 17 aliphatic carbocycles. The molecule has 0 aliphatic heterocycles. The summed E-state index contributed by atoms with van der Waals surface area (Å²) in [6, 6.07) is 0. The number of hydrogen-bond donors (Lipinski definition) is 0. The van der Waals surface area contributed by atoms with Gasteiger partial charge in [-0.3, -0.25) is 0 Å². The van der Waals surface area contributed by atoms with Crippen LogP contribution in [0.3, 0.4) is 0 Å². The molecule has 0 spiro atoms. The van der Waals surface area contributed by atoms with Crippen LogP contribution in [0.15, 0.2) is 22.8 Å². The first kappa shape index (κ1) is 37.9. The summed E-state index contributed by atoms with van der Waals surface area (Å²) in [7, 11) is 0.0316. The molecule has 1 unspecified atom stereocenters. The van der Waals surface area contributed by atoms with E-state index in [1.807, 2.05) is 11.1 Å². The molecule has 0 N–H and O–H groups in total. The van der Waals surface area contributed by atoms with E-state index in [1.54, 1.807) is 141 Å². The van der Waals surface area contributed by atoms with Crippen LogP contribution < -0.4 is 0 Å². The molecule has 16 bridgehead atoms. The van der Waals surface area contributed by atoms with E-state index in [0.717, 1.165) is 117 Å². The van der Waals surface area contributed by atoms with Gasteiger partial charge in [0, 0.05) is 5.92 Å². The van der Waals surface area contributed by atoms with Crippen LogP contribution in [0.2, 0.25) is 0 Å². The van der Waals surface area contributed by atoms with Gasteiger partial charge in [-0.15, -0.1) is 0 Å². The third-order valence-corrected chi connectivity index (χ3v) is 29.9. The highest BCUT2D eigenvalue weighted by atomic mass is 31.1. The summed E-state index contributed by atoms with van der Waals surface area (Å²) < 4.78 is 0. The van der Waals surface area contributed by atoms with Gasteiger partial charge in [-0.1, -0.05) is 69.0 Å². The van der Waals surface area contributed by atoms with Crippen molar-refractivity contribution >= 4 is 15.8 Å². The second-order valence-corrected chi connectivity index (χ2v) is 32.8. The predicted molar refractivity (Wildman–Crippen MR) is 244 cm³/mol. The Morgan fingerprint density at radius 1 is 0.386 bits per heavy atom. The highest BCUT2D eigenvalue weighted by molar-refractivity contribution is 7.60. The van der Waals surface area contributed by atoms with Gasteiger partial charge in [0.05, 0.1) is 0 Å². The predicted octanol–water partition coefficient (Wildman–Crippen LogP) is 15.2. The minimum Gasteiger partial charge on any atom is -0.0947 e. The Kier molecular flexibility index (Phi) is 8.92. The molecule has 0 saturated heterocycles. The third-order valence-electron chi connectivity index (χ3n) is 22.1. The molecule has 17 aliphatic rings. The lowest BCUT2D eigenvalue weighted by atomic mass is 9.55. The lowest BCUT2D eigenvalue weighted by Gasteiger charge is -2.63. The van der Waals surface area contributed by atoms with Crippen LogP contribution in [-0.2, 0) is 0 Å². The van der Waals surface area contributed by atoms with E-state index in [0.29, 0.717) is 11.3 Å². The van der Waals surface area contributed by atoms with Crippen LogP contribution in [0.1, 0.15) is 170 Å². The highest BCUT2D eigenvalue weighted by Crippen LogP contribution is 2.75. The Morgan fingerprint density at radius 3 is 0.895 bits per heavy atom. The molecular formula is C55H84P2. The average molecular weight is 807 g/mol. The maximum Gasteiger partial charge on any atom is 0.00427 e. The zero-order valence-electron chi connectivity index (χ0n) is 37.7. The average Bonchev–Trinajstić information content (AvgIpc) is 3.49. The van der Waals surface area contributed by atoms with Gasteiger partial charge in [0.1, 0.15) is 0 Å². The van der Waals surface area contributed by atoms with Crippen molar-refractivity contribution in [3.63, 3.8) is 0 Å². The van der Waals surface area contributed by atoms with E-state index in [4.69, 9.17) is 0 Å². The molecule has 0 radical (unpaired) electrons. The van der Waals surface area contributed by atoms with Gasteiger partial charge in [0.25, 0.3) is 0 Å². The van der Waals surface area contributed by atoms with E-state index < -0.39 is 0 Å². The smallest absolute Gasteiger partial charge is 0.00427 e. The normalized spacial score (nSPS) is 54.7. The van der Waals surface area contributed by atoms with Gasteiger partial charge in [0.2, 0.25) is 0 Å². The van der Waals surface area contributed by atoms with Crippen molar-refractivity contribution in [1.29, 1.82) is 0 Å². The molecule has 314 valence electrons. The Morgan fingerprint density at radius 2 is 0.649 bits per heavy atom. The summed E-state index contributed by atoms with van der Waals surface area (Å²) in [4.78, 5) is 0. The molecule has 57 heavy (non-hydrogen) atoms. The summed E-state index contributed by atoms with van der Waals surface area (Å²) >= 11 is 0. The van der Waals surface area contributed by atoms with E-state index in [2.05, 4.69) is 53.2 Å². The van der Waals surface area contributed by atoms with Gasteiger partial charge in [0.15, 0.2) is 0 Å². The second kappa shape index (κ2) is 13.4. The summed E-state index contributed by atoms with van der Waals surface area (Å²) in [6.45, 7) is 16.0. The van der Waals surface area contributed by atoms with Crippen molar-refractivity contribution in [1.82, 2.24) is 0 Å². The van der Waals surface area contributed by atoms with Crippen LogP contribution in [0, 0.1) is 111 Å². The SMILES string of the molecule is CC(C)(C)C1=C(CP(C2C3CC4CC(C3)CC2C4)C2C3CC4CC(C3)CC2C4)C(CP(C2C3CC4CC(C3)CC2C4)C2C3CC4CC(C3)CC2C4)=CC1C(C)(C)C. The molecule has 0 nitrogen and oxygen atoms in total. The van der Waals surface area contributed by atoms with Gasteiger partial charge in [-0.25, -0.2) is 0 Å². The summed E-state index contributed by atoms with van der Waals surface area (Å²) in [5.74, 6) is 18.4. The van der Waals surface area contributed by atoms with Crippen molar-refractivity contribution in [2.24, 2.45) is 111 Å². The first-order valence-corrected chi connectivity index (χ1v) is 29.6. The van der Waals surface area contributed by atoms with Crippen molar-refractivity contribution < 1.29 is 0 Å². The lowest BCUT2D eigenvalue weighted by molar-refractivity contribution is 0.0129. The molecule has 1 atom stereocenters. The fourth-order valence-corrected chi connectivity index (χ4v) is 31.0. The van der Waals surface area contributed by atoms with Crippen LogP contribution >= 0.6 is 15.8 Å². The summed E-state index contributed by atoms with van der Waals surface area (Å²) in [5.41, 5.74) is 11.1.